The second kappa shape index (κ2) is 6.71. The molecule has 3 rings (SSSR count). The lowest BCUT2D eigenvalue weighted by molar-refractivity contribution is 1.02. The van der Waals surface area contributed by atoms with Crippen molar-refractivity contribution in [2.75, 3.05) is 17.3 Å². The third kappa shape index (κ3) is 3.38. The number of hydrogen-bond acceptors (Lipinski definition) is 4. The number of nitrogens with zero attached hydrogens (tertiary/aromatic N) is 3. The Bertz CT molecular complexity index is 844. The predicted molar refractivity (Wildman–Crippen MR) is 100 cm³/mol. The molecule has 0 spiro atoms. The van der Waals surface area contributed by atoms with Crippen LogP contribution in [0.25, 0.3) is 0 Å². The van der Waals surface area contributed by atoms with Crippen LogP contribution in [0.2, 0.25) is 0 Å². The third-order valence-electron chi connectivity index (χ3n) is 4.15. The first kappa shape index (κ1) is 16.0. The van der Waals surface area contributed by atoms with Gasteiger partial charge in [0.15, 0.2) is 0 Å². The molecule has 0 atom stereocenters. The van der Waals surface area contributed by atoms with Crippen molar-refractivity contribution in [3.8, 4) is 0 Å². The molecule has 1 heterocycles. The molecule has 0 saturated heterocycles. The van der Waals surface area contributed by atoms with Gasteiger partial charge >= 0.3 is 0 Å². The minimum Gasteiger partial charge on any atom is -0.340 e. The SMILES string of the molecule is Cc1cc(Nc2cccc(C)c2C)nc(N(C)c2ccccc2)n1. The van der Waals surface area contributed by atoms with Crippen LogP contribution < -0.4 is 10.2 Å². The fourth-order valence-corrected chi connectivity index (χ4v) is 2.56. The minimum absolute atomic E-state index is 0.675. The Labute approximate surface area is 143 Å². The summed E-state index contributed by atoms with van der Waals surface area (Å²) in [4.78, 5) is 11.2. The Hall–Kier alpha value is -2.88. The molecule has 0 aliphatic heterocycles. The Morgan fingerprint density at radius 1 is 0.875 bits per heavy atom. The fraction of sp³-hybridized carbons (Fsp3) is 0.200. The van der Waals surface area contributed by atoms with Crippen molar-refractivity contribution in [2.45, 2.75) is 20.8 Å². The largest absolute Gasteiger partial charge is 0.340 e. The Morgan fingerprint density at radius 2 is 1.62 bits per heavy atom. The summed E-state index contributed by atoms with van der Waals surface area (Å²) in [5.74, 6) is 1.47. The average molecular weight is 318 g/mol. The third-order valence-corrected chi connectivity index (χ3v) is 4.15. The van der Waals surface area contributed by atoms with Crippen molar-refractivity contribution in [2.24, 2.45) is 0 Å². The van der Waals surface area contributed by atoms with Crippen LogP contribution in [-0.4, -0.2) is 17.0 Å². The van der Waals surface area contributed by atoms with Gasteiger partial charge in [-0.15, -0.1) is 0 Å². The highest BCUT2D eigenvalue weighted by atomic mass is 15.3. The van der Waals surface area contributed by atoms with Gasteiger partial charge in [-0.25, -0.2) is 4.98 Å². The van der Waals surface area contributed by atoms with Gasteiger partial charge < -0.3 is 10.2 Å². The molecule has 0 saturated carbocycles. The van der Waals surface area contributed by atoms with Gasteiger partial charge in [-0.2, -0.15) is 4.98 Å². The molecule has 0 fully saturated rings. The van der Waals surface area contributed by atoms with Crippen LogP contribution in [0.1, 0.15) is 16.8 Å². The zero-order valence-corrected chi connectivity index (χ0v) is 14.5. The highest BCUT2D eigenvalue weighted by Gasteiger charge is 2.10. The molecule has 4 nitrogen and oxygen atoms in total. The molecule has 2 aromatic carbocycles. The Balaban J connectivity index is 1.93. The van der Waals surface area contributed by atoms with Crippen LogP contribution in [0, 0.1) is 20.8 Å². The normalized spacial score (nSPS) is 10.5. The van der Waals surface area contributed by atoms with E-state index in [1.165, 1.54) is 11.1 Å². The van der Waals surface area contributed by atoms with Crippen LogP contribution in [0.15, 0.2) is 54.6 Å². The zero-order valence-electron chi connectivity index (χ0n) is 14.5. The molecule has 0 bridgehead atoms. The van der Waals surface area contributed by atoms with Gasteiger partial charge in [0.25, 0.3) is 0 Å². The van der Waals surface area contributed by atoms with Gasteiger partial charge in [0, 0.05) is 30.2 Å². The first-order chi connectivity index (χ1) is 11.5. The molecule has 1 N–H and O–H groups in total. The van der Waals surface area contributed by atoms with Crippen LogP contribution in [0.5, 0.6) is 0 Å². The molecule has 0 aliphatic rings. The van der Waals surface area contributed by atoms with Gasteiger partial charge in [0.2, 0.25) is 5.95 Å². The quantitative estimate of drug-likeness (QED) is 0.742. The van der Waals surface area contributed by atoms with E-state index in [4.69, 9.17) is 0 Å². The van der Waals surface area contributed by atoms with E-state index >= 15 is 0 Å². The van der Waals surface area contributed by atoms with Gasteiger partial charge in [-0.1, -0.05) is 30.3 Å². The molecule has 0 amide bonds. The van der Waals surface area contributed by atoms with Gasteiger partial charge in [-0.3, -0.25) is 0 Å². The maximum atomic E-state index is 4.68. The monoisotopic (exact) mass is 318 g/mol. The molecule has 0 radical (unpaired) electrons. The standard InChI is InChI=1S/C20H22N4/c1-14-9-8-12-18(16(14)3)22-19-13-15(2)21-20(23-19)24(4)17-10-6-5-7-11-17/h5-13H,1-4H3,(H,21,22,23). The molecule has 1 aromatic heterocycles. The summed E-state index contributed by atoms with van der Waals surface area (Å²) in [6.45, 7) is 6.21. The second-order valence-corrected chi connectivity index (χ2v) is 5.96. The fourth-order valence-electron chi connectivity index (χ4n) is 2.56. The number of rotatable bonds is 4. The first-order valence-electron chi connectivity index (χ1n) is 8.02. The van der Waals surface area contributed by atoms with Gasteiger partial charge in [0.1, 0.15) is 5.82 Å². The second-order valence-electron chi connectivity index (χ2n) is 5.96. The van der Waals surface area contributed by atoms with E-state index in [0.717, 1.165) is 22.9 Å². The molecular formula is C20H22N4. The Morgan fingerprint density at radius 3 is 2.38 bits per heavy atom. The number of benzene rings is 2. The van der Waals surface area contributed by atoms with E-state index < -0.39 is 0 Å². The van der Waals surface area contributed by atoms with Crippen molar-refractivity contribution < 1.29 is 0 Å². The van der Waals surface area contributed by atoms with Crippen molar-refractivity contribution in [3.05, 3.63) is 71.4 Å². The summed E-state index contributed by atoms with van der Waals surface area (Å²) in [5, 5.41) is 3.42. The lowest BCUT2D eigenvalue weighted by Gasteiger charge is -2.19. The lowest BCUT2D eigenvalue weighted by Crippen LogP contribution is -2.14. The van der Waals surface area contributed by atoms with Crippen molar-refractivity contribution >= 4 is 23.1 Å². The van der Waals surface area contributed by atoms with Gasteiger partial charge in [-0.05, 0) is 50.1 Å². The van der Waals surface area contributed by atoms with Crippen LogP contribution >= 0.6 is 0 Å². The summed E-state index contributed by atoms with van der Waals surface area (Å²) in [5.41, 5.74) is 5.54. The van der Waals surface area contributed by atoms with E-state index in [-0.39, 0.29) is 0 Å². The van der Waals surface area contributed by atoms with Gasteiger partial charge in [0.05, 0.1) is 0 Å². The number of hydrogen-bond donors (Lipinski definition) is 1. The summed E-state index contributed by atoms with van der Waals surface area (Å²) in [6, 6.07) is 18.3. The minimum atomic E-state index is 0.675. The predicted octanol–water partition coefficient (Wildman–Crippen LogP) is 4.91. The van der Waals surface area contributed by atoms with E-state index in [0.29, 0.717) is 5.95 Å². The maximum absolute atomic E-state index is 4.68. The molecular weight excluding hydrogens is 296 g/mol. The maximum Gasteiger partial charge on any atom is 0.231 e. The van der Waals surface area contributed by atoms with Crippen LogP contribution in [0.3, 0.4) is 0 Å². The van der Waals surface area contributed by atoms with E-state index in [1.54, 1.807) is 0 Å². The number of nitrogens with one attached hydrogen (secondary N) is 1. The van der Waals surface area contributed by atoms with Crippen molar-refractivity contribution in [3.63, 3.8) is 0 Å². The Kier molecular flexibility index (Phi) is 4.47. The van der Waals surface area contributed by atoms with E-state index in [9.17, 15) is 0 Å². The molecule has 3 aromatic rings. The average Bonchev–Trinajstić information content (AvgIpc) is 2.58. The highest BCUT2D eigenvalue weighted by Crippen LogP contribution is 2.25. The van der Waals surface area contributed by atoms with Crippen LogP contribution in [0.4, 0.5) is 23.1 Å². The number of aryl methyl sites for hydroxylation is 2. The highest BCUT2D eigenvalue weighted by molar-refractivity contribution is 5.64. The van der Waals surface area contributed by atoms with Crippen LogP contribution in [-0.2, 0) is 0 Å². The molecule has 0 aliphatic carbocycles. The summed E-state index contributed by atoms with van der Waals surface area (Å²) in [7, 11) is 1.98. The topological polar surface area (TPSA) is 41.1 Å². The smallest absolute Gasteiger partial charge is 0.231 e. The summed E-state index contributed by atoms with van der Waals surface area (Å²) < 4.78 is 0. The van der Waals surface area contributed by atoms with Crippen molar-refractivity contribution in [1.29, 1.82) is 0 Å². The number of para-hydroxylation sites is 1. The number of aromatic nitrogens is 2. The van der Waals surface area contributed by atoms with E-state index in [2.05, 4.69) is 47.3 Å². The lowest BCUT2D eigenvalue weighted by atomic mass is 10.1. The first-order valence-corrected chi connectivity index (χ1v) is 8.02. The summed E-state index contributed by atoms with van der Waals surface area (Å²) >= 11 is 0. The molecule has 122 valence electrons. The van der Waals surface area contributed by atoms with E-state index in [1.807, 2.05) is 55.3 Å². The summed E-state index contributed by atoms with van der Waals surface area (Å²) in [6.07, 6.45) is 0. The molecule has 4 heteroatoms. The molecule has 24 heavy (non-hydrogen) atoms. The van der Waals surface area contributed by atoms with Crippen molar-refractivity contribution in [1.82, 2.24) is 9.97 Å². The molecule has 0 unspecified atom stereocenters. The zero-order chi connectivity index (χ0) is 17.1. The number of anilines is 4.